The number of rotatable bonds is 5. The number of aryl methyl sites for hydroxylation is 1. The molecule has 0 radical (unpaired) electrons. The summed E-state index contributed by atoms with van der Waals surface area (Å²) in [4.78, 5) is 43.1. The van der Waals surface area contributed by atoms with Gasteiger partial charge in [-0.25, -0.2) is 4.79 Å². The van der Waals surface area contributed by atoms with Crippen molar-refractivity contribution < 1.29 is 14.4 Å². The average molecular weight is 406 g/mol. The molecule has 4 rings (SSSR count). The number of hydrogen-bond donors (Lipinski definition) is 1. The maximum Gasteiger partial charge on any atom is 0.325 e. The van der Waals surface area contributed by atoms with Gasteiger partial charge >= 0.3 is 6.03 Å². The molecule has 156 valence electrons. The molecule has 2 aromatic rings. The molecule has 1 N–H and O–H groups in total. The summed E-state index contributed by atoms with van der Waals surface area (Å²) >= 11 is 0. The minimum atomic E-state index is -1.03. The maximum atomic E-state index is 13.2. The summed E-state index contributed by atoms with van der Waals surface area (Å²) in [6.07, 6.45) is 1.25. The van der Waals surface area contributed by atoms with Crippen LogP contribution >= 0.6 is 0 Å². The zero-order chi connectivity index (χ0) is 21.5. The van der Waals surface area contributed by atoms with E-state index in [0.717, 1.165) is 33.7 Å². The second-order valence-corrected chi connectivity index (χ2v) is 8.19. The van der Waals surface area contributed by atoms with E-state index in [0.29, 0.717) is 13.0 Å². The van der Waals surface area contributed by atoms with Gasteiger partial charge in [-0.15, -0.1) is 0 Å². The number of carbonyl (C=O) groups excluding carboxylic acids is 3. The molecule has 0 saturated carbocycles. The van der Waals surface area contributed by atoms with Crippen molar-refractivity contribution in [3.05, 3.63) is 65.2 Å². The van der Waals surface area contributed by atoms with Crippen LogP contribution in [0.4, 0.5) is 10.5 Å². The van der Waals surface area contributed by atoms with Gasteiger partial charge in [0.15, 0.2) is 0 Å². The fraction of sp³-hybridized carbons (Fsp3) is 0.348. The fourth-order valence-electron chi connectivity index (χ4n) is 4.25. The van der Waals surface area contributed by atoms with Gasteiger partial charge in [0.1, 0.15) is 12.1 Å². The third-order valence-electron chi connectivity index (χ3n) is 6.01. The first-order valence-corrected chi connectivity index (χ1v) is 10.0. The predicted octanol–water partition coefficient (Wildman–Crippen LogP) is 2.10. The van der Waals surface area contributed by atoms with Crippen molar-refractivity contribution in [2.24, 2.45) is 0 Å². The first-order chi connectivity index (χ1) is 14.3. The normalized spacial score (nSPS) is 19.8. The maximum absolute atomic E-state index is 13.2. The molecule has 2 aliphatic rings. The highest BCUT2D eigenvalue weighted by Gasteiger charge is 2.55. The number of nitrogens with zero attached hydrogens (tertiary/aromatic N) is 3. The molecular weight excluding hydrogens is 380 g/mol. The van der Waals surface area contributed by atoms with Crippen molar-refractivity contribution >= 4 is 23.5 Å². The lowest BCUT2D eigenvalue weighted by Crippen LogP contribution is -2.44. The smallest absolute Gasteiger partial charge is 0.325 e. The Morgan fingerprint density at radius 1 is 1.07 bits per heavy atom. The van der Waals surface area contributed by atoms with Crippen molar-refractivity contribution in [3.63, 3.8) is 0 Å². The van der Waals surface area contributed by atoms with Gasteiger partial charge in [-0.05, 0) is 41.7 Å². The van der Waals surface area contributed by atoms with Gasteiger partial charge in [0, 0.05) is 33.4 Å². The van der Waals surface area contributed by atoms with Crippen LogP contribution in [0, 0.1) is 0 Å². The number of urea groups is 1. The molecular formula is C23H26N4O3. The Hall–Kier alpha value is -3.35. The van der Waals surface area contributed by atoms with Crippen LogP contribution < -0.4 is 10.2 Å². The molecule has 1 spiro atoms. The third-order valence-corrected chi connectivity index (χ3v) is 6.01. The Balaban J connectivity index is 1.44. The van der Waals surface area contributed by atoms with Crippen LogP contribution in [0.3, 0.4) is 0 Å². The molecule has 1 aliphatic carbocycles. The first-order valence-electron chi connectivity index (χ1n) is 10.0. The highest BCUT2D eigenvalue weighted by Crippen LogP contribution is 2.41. The summed E-state index contributed by atoms with van der Waals surface area (Å²) in [5.41, 5.74) is 2.93. The summed E-state index contributed by atoms with van der Waals surface area (Å²) in [7, 11) is 5.62. The molecule has 1 aliphatic heterocycles. The molecule has 30 heavy (non-hydrogen) atoms. The SMILES string of the molecule is CN(Cc1ccc(N(C)C)cc1)C(=O)CN1C(=O)N[C@@]2(CCc3ccccc32)C1=O. The lowest BCUT2D eigenvalue weighted by Gasteiger charge is -2.23. The molecule has 0 aromatic heterocycles. The van der Waals surface area contributed by atoms with E-state index in [1.165, 1.54) is 0 Å². The number of anilines is 1. The fourth-order valence-corrected chi connectivity index (χ4v) is 4.25. The van der Waals surface area contributed by atoms with Crippen molar-refractivity contribution in [1.82, 2.24) is 15.1 Å². The topological polar surface area (TPSA) is 73.0 Å². The van der Waals surface area contributed by atoms with Crippen LogP contribution in [0.15, 0.2) is 48.5 Å². The van der Waals surface area contributed by atoms with E-state index in [2.05, 4.69) is 5.32 Å². The van der Waals surface area contributed by atoms with E-state index in [4.69, 9.17) is 0 Å². The monoisotopic (exact) mass is 406 g/mol. The quantitative estimate of drug-likeness (QED) is 0.772. The van der Waals surface area contributed by atoms with Crippen molar-refractivity contribution in [1.29, 1.82) is 0 Å². The van der Waals surface area contributed by atoms with Crippen LogP contribution in [0.2, 0.25) is 0 Å². The number of likely N-dealkylation sites (N-methyl/N-ethyl adjacent to an activating group) is 1. The summed E-state index contributed by atoms with van der Waals surface area (Å²) < 4.78 is 0. The van der Waals surface area contributed by atoms with E-state index in [1.807, 2.05) is 67.5 Å². The van der Waals surface area contributed by atoms with Crippen LogP contribution in [-0.4, -0.2) is 55.3 Å². The zero-order valence-corrected chi connectivity index (χ0v) is 17.5. The van der Waals surface area contributed by atoms with Gasteiger partial charge in [0.2, 0.25) is 5.91 Å². The summed E-state index contributed by atoms with van der Waals surface area (Å²) in [6.45, 7) is 0.144. The second-order valence-electron chi connectivity index (χ2n) is 8.19. The van der Waals surface area contributed by atoms with Crippen LogP contribution in [0.25, 0.3) is 0 Å². The van der Waals surface area contributed by atoms with Crippen molar-refractivity contribution in [3.8, 4) is 0 Å². The minimum Gasteiger partial charge on any atom is -0.378 e. The third kappa shape index (κ3) is 3.30. The lowest BCUT2D eigenvalue weighted by atomic mass is 9.92. The van der Waals surface area contributed by atoms with Gasteiger partial charge in [0.05, 0.1) is 0 Å². The molecule has 1 heterocycles. The van der Waals surface area contributed by atoms with Gasteiger partial charge in [-0.3, -0.25) is 14.5 Å². The van der Waals surface area contributed by atoms with Gasteiger partial charge in [-0.2, -0.15) is 0 Å². The molecule has 7 nitrogen and oxygen atoms in total. The van der Waals surface area contributed by atoms with E-state index in [-0.39, 0.29) is 18.4 Å². The molecule has 0 unspecified atom stereocenters. The number of fused-ring (bicyclic) bond motifs is 2. The molecule has 4 amide bonds. The van der Waals surface area contributed by atoms with Gasteiger partial charge in [-0.1, -0.05) is 36.4 Å². The molecule has 1 fully saturated rings. The molecule has 0 bridgehead atoms. The summed E-state index contributed by atoms with van der Waals surface area (Å²) in [5.74, 6) is -0.618. The molecule has 2 aromatic carbocycles. The second kappa shape index (κ2) is 7.48. The largest absolute Gasteiger partial charge is 0.378 e. The summed E-state index contributed by atoms with van der Waals surface area (Å²) in [6, 6.07) is 15.1. The van der Waals surface area contributed by atoms with E-state index in [9.17, 15) is 14.4 Å². The van der Waals surface area contributed by atoms with Crippen LogP contribution in [-0.2, 0) is 28.1 Å². The van der Waals surface area contributed by atoms with Crippen molar-refractivity contribution in [2.45, 2.75) is 24.9 Å². The van der Waals surface area contributed by atoms with Crippen LogP contribution in [0.5, 0.6) is 0 Å². The molecule has 7 heteroatoms. The lowest BCUT2D eigenvalue weighted by molar-refractivity contribution is -0.138. The average Bonchev–Trinajstić information content (AvgIpc) is 3.21. The highest BCUT2D eigenvalue weighted by molar-refractivity contribution is 6.09. The van der Waals surface area contributed by atoms with E-state index in [1.54, 1.807) is 11.9 Å². The number of carbonyl (C=O) groups is 3. The van der Waals surface area contributed by atoms with E-state index >= 15 is 0 Å². The Kier molecular flexibility index (Phi) is 4.97. The Morgan fingerprint density at radius 2 is 1.77 bits per heavy atom. The zero-order valence-electron chi connectivity index (χ0n) is 17.5. The predicted molar refractivity (Wildman–Crippen MR) is 114 cm³/mol. The number of amides is 4. The standard InChI is InChI=1S/C23H26N4O3/c1-25(2)18-10-8-16(9-11-18)14-26(3)20(28)15-27-21(29)23(24-22(27)30)13-12-17-6-4-5-7-19(17)23/h4-11H,12-15H2,1-3H3,(H,24,30)/t23-/m1/s1. The Morgan fingerprint density at radius 3 is 2.47 bits per heavy atom. The minimum absolute atomic E-state index is 0.263. The van der Waals surface area contributed by atoms with Gasteiger partial charge < -0.3 is 15.1 Å². The molecule has 1 atom stereocenters. The van der Waals surface area contributed by atoms with Crippen molar-refractivity contribution in [2.75, 3.05) is 32.6 Å². The Bertz CT molecular complexity index is 1000. The molecule has 1 saturated heterocycles. The number of benzene rings is 2. The summed E-state index contributed by atoms with van der Waals surface area (Å²) in [5, 5.41) is 2.86. The first kappa shape index (κ1) is 19.9. The number of imide groups is 1. The van der Waals surface area contributed by atoms with Gasteiger partial charge in [0.25, 0.3) is 5.91 Å². The van der Waals surface area contributed by atoms with Crippen LogP contribution in [0.1, 0.15) is 23.1 Å². The number of nitrogens with one attached hydrogen (secondary N) is 1. The highest BCUT2D eigenvalue weighted by atomic mass is 16.2. The van der Waals surface area contributed by atoms with E-state index < -0.39 is 11.6 Å². The Labute approximate surface area is 176 Å². The number of hydrogen-bond acceptors (Lipinski definition) is 4.